The zero-order chi connectivity index (χ0) is 37.8. The first-order valence-corrected chi connectivity index (χ1v) is 20.6. The zero-order valence-electron chi connectivity index (χ0n) is 32.0. The number of para-hydroxylation sites is 1. The summed E-state index contributed by atoms with van der Waals surface area (Å²) < 4.78 is 17.4. The highest BCUT2D eigenvalue weighted by Crippen LogP contribution is 2.45. The van der Waals surface area contributed by atoms with Gasteiger partial charge in [-0.05, 0) is 72.4 Å². The SMILES string of the molecule is Cc1cccc2c1NC(C(=O)NC1C(c3cc(C)c4c(c3F)CC(C(=O)NC3C(=O)NCc5ccccc53)N4)CC3NCCN3C1C1CCCCCCC1)C2. The van der Waals surface area contributed by atoms with Crippen molar-refractivity contribution in [3.05, 3.63) is 93.3 Å². The zero-order valence-corrected chi connectivity index (χ0v) is 32.0. The monoisotopic (exact) mass is 747 g/mol. The van der Waals surface area contributed by atoms with Crippen molar-refractivity contribution in [2.45, 2.75) is 127 Å². The summed E-state index contributed by atoms with van der Waals surface area (Å²) in [7, 11) is 0. The Hall–Kier alpha value is -4.48. The maximum absolute atomic E-state index is 17.4. The second-order valence-corrected chi connectivity index (χ2v) is 16.9. The highest BCUT2D eigenvalue weighted by atomic mass is 19.1. The Morgan fingerprint density at radius 2 is 1.55 bits per heavy atom. The number of aryl methyl sites for hydroxylation is 2. The molecule has 2 saturated heterocycles. The Balaban J connectivity index is 1.03. The summed E-state index contributed by atoms with van der Waals surface area (Å²) >= 11 is 0. The van der Waals surface area contributed by atoms with Gasteiger partial charge in [-0.3, -0.25) is 19.3 Å². The number of carbonyl (C=O) groups excluding carboxylic acids is 3. The van der Waals surface area contributed by atoms with Crippen LogP contribution in [0.2, 0.25) is 0 Å². The number of anilines is 2. The Bertz CT molecular complexity index is 2000. The van der Waals surface area contributed by atoms with Gasteiger partial charge in [0, 0.05) is 61.4 Å². The molecule has 6 N–H and O–H groups in total. The molecule has 5 aliphatic heterocycles. The van der Waals surface area contributed by atoms with E-state index in [1.807, 2.05) is 43.3 Å². The van der Waals surface area contributed by atoms with Gasteiger partial charge < -0.3 is 31.9 Å². The van der Waals surface area contributed by atoms with Crippen molar-refractivity contribution in [2.24, 2.45) is 5.92 Å². The third-order valence-electron chi connectivity index (χ3n) is 13.6. The van der Waals surface area contributed by atoms with Crippen LogP contribution in [0.25, 0.3) is 0 Å². The van der Waals surface area contributed by atoms with Crippen molar-refractivity contribution in [1.29, 1.82) is 0 Å². The lowest BCUT2D eigenvalue weighted by molar-refractivity contribution is -0.130. The summed E-state index contributed by atoms with van der Waals surface area (Å²) in [4.78, 5) is 43.8. The first kappa shape index (κ1) is 36.2. The molecule has 0 aromatic heterocycles. The Kier molecular flexibility index (Phi) is 9.79. The van der Waals surface area contributed by atoms with Crippen LogP contribution in [0, 0.1) is 25.6 Å². The van der Waals surface area contributed by atoms with Gasteiger partial charge >= 0.3 is 0 Å². The van der Waals surface area contributed by atoms with Gasteiger partial charge in [-0.25, -0.2) is 4.39 Å². The van der Waals surface area contributed by atoms with Gasteiger partial charge in [0.2, 0.25) is 17.7 Å². The van der Waals surface area contributed by atoms with E-state index in [9.17, 15) is 14.4 Å². The predicted octanol–water partition coefficient (Wildman–Crippen LogP) is 5.24. The number of benzene rings is 3. The fraction of sp³-hybridized carbons (Fsp3) is 0.523. The minimum Gasteiger partial charge on any atom is -0.373 e. The number of amides is 3. The lowest BCUT2D eigenvalue weighted by atomic mass is 9.71. The molecule has 290 valence electrons. The van der Waals surface area contributed by atoms with Crippen LogP contribution in [0.4, 0.5) is 15.8 Å². The van der Waals surface area contributed by atoms with Crippen molar-refractivity contribution in [2.75, 3.05) is 23.7 Å². The van der Waals surface area contributed by atoms with Crippen LogP contribution < -0.4 is 31.9 Å². The van der Waals surface area contributed by atoms with Gasteiger partial charge in [0.1, 0.15) is 23.9 Å². The number of hydrogen-bond donors (Lipinski definition) is 6. The maximum atomic E-state index is 17.4. The van der Waals surface area contributed by atoms with E-state index in [0.29, 0.717) is 42.1 Å². The van der Waals surface area contributed by atoms with Crippen molar-refractivity contribution in [3.63, 3.8) is 0 Å². The normalized spacial score (nSPS) is 29.0. The van der Waals surface area contributed by atoms with Gasteiger partial charge in [-0.15, -0.1) is 0 Å². The van der Waals surface area contributed by atoms with Gasteiger partial charge in [0.15, 0.2) is 0 Å². The summed E-state index contributed by atoms with van der Waals surface area (Å²) in [6.45, 7) is 6.25. The summed E-state index contributed by atoms with van der Waals surface area (Å²) in [5.74, 6) is -0.793. The van der Waals surface area contributed by atoms with E-state index in [-0.39, 0.29) is 54.1 Å². The second-order valence-electron chi connectivity index (χ2n) is 16.9. The standard InChI is InChI=1S/C44H54FN7O3/c1-24-11-10-15-27-20-33(48-37(24)27)42(53)50-39-31(22-35-46-17-18-52(35)41(39)26-12-6-4-3-5-7-13-26)30-19-25(2)38-32(36(30)45)21-34(49-38)43(54)51-40-29-16-9-8-14-28(29)23-47-44(40)55/h8-11,14-16,19,26,31,33-35,39-41,46,48-49H,3-7,12-13,17-18,20-23H2,1-2H3,(H,47,55)(H,50,53)(H,51,54). The molecule has 5 heterocycles. The minimum absolute atomic E-state index is 0.0305. The van der Waals surface area contributed by atoms with E-state index in [4.69, 9.17) is 0 Å². The Morgan fingerprint density at radius 1 is 0.818 bits per heavy atom. The number of nitrogens with zero attached hydrogens (tertiary/aromatic N) is 1. The largest absolute Gasteiger partial charge is 0.373 e. The molecule has 3 fully saturated rings. The van der Waals surface area contributed by atoms with Gasteiger partial charge in [-0.1, -0.05) is 80.6 Å². The van der Waals surface area contributed by atoms with Crippen molar-refractivity contribution < 1.29 is 18.8 Å². The highest BCUT2D eigenvalue weighted by Gasteiger charge is 2.50. The van der Waals surface area contributed by atoms with Crippen molar-refractivity contribution in [1.82, 2.24) is 26.2 Å². The lowest BCUT2D eigenvalue weighted by Crippen LogP contribution is -2.65. The lowest BCUT2D eigenvalue weighted by Gasteiger charge is -2.51. The molecule has 1 saturated carbocycles. The third kappa shape index (κ3) is 6.67. The molecule has 9 rings (SSSR count). The Labute approximate surface area is 323 Å². The fourth-order valence-electron chi connectivity index (χ4n) is 10.8. The molecule has 0 spiro atoms. The molecule has 10 nitrogen and oxygen atoms in total. The van der Waals surface area contributed by atoms with Crippen LogP contribution in [0.3, 0.4) is 0 Å². The van der Waals surface area contributed by atoms with Crippen LogP contribution in [0.15, 0.2) is 48.5 Å². The molecular weight excluding hydrogens is 694 g/mol. The number of nitrogens with one attached hydrogen (secondary N) is 6. The summed E-state index contributed by atoms with van der Waals surface area (Å²) in [5, 5.41) is 20.0. The van der Waals surface area contributed by atoms with Crippen LogP contribution >= 0.6 is 0 Å². The average molecular weight is 748 g/mol. The maximum Gasteiger partial charge on any atom is 0.247 e. The number of piperidine rings is 1. The predicted molar refractivity (Wildman–Crippen MR) is 211 cm³/mol. The number of rotatable bonds is 6. The molecule has 3 aromatic rings. The number of fused-ring (bicyclic) bond motifs is 4. The van der Waals surface area contributed by atoms with Crippen molar-refractivity contribution in [3.8, 4) is 0 Å². The quantitative estimate of drug-likeness (QED) is 0.204. The molecule has 7 unspecified atom stereocenters. The van der Waals surface area contributed by atoms with E-state index in [1.54, 1.807) is 0 Å². The van der Waals surface area contributed by atoms with E-state index in [1.165, 1.54) is 32.1 Å². The molecular formula is C44H54FN7O3. The smallest absolute Gasteiger partial charge is 0.247 e. The molecule has 3 aromatic carbocycles. The minimum atomic E-state index is -0.811. The molecule has 11 heteroatoms. The van der Waals surface area contributed by atoms with E-state index >= 15 is 4.39 Å². The summed E-state index contributed by atoms with van der Waals surface area (Å²) in [6.07, 6.45) is 9.86. The van der Waals surface area contributed by atoms with Crippen LogP contribution in [0.1, 0.15) is 102 Å². The van der Waals surface area contributed by atoms with E-state index < -0.39 is 18.1 Å². The van der Waals surface area contributed by atoms with E-state index in [0.717, 1.165) is 59.4 Å². The fourth-order valence-corrected chi connectivity index (χ4v) is 10.8. The number of halogens is 1. The van der Waals surface area contributed by atoms with Crippen LogP contribution in [-0.4, -0.2) is 66.0 Å². The van der Waals surface area contributed by atoms with Crippen LogP contribution in [-0.2, 0) is 33.8 Å². The third-order valence-corrected chi connectivity index (χ3v) is 13.6. The van der Waals surface area contributed by atoms with E-state index in [2.05, 4.69) is 55.9 Å². The highest BCUT2D eigenvalue weighted by molar-refractivity contribution is 5.94. The van der Waals surface area contributed by atoms with Crippen LogP contribution in [0.5, 0.6) is 0 Å². The first-order chi connectivity index (χ1) is 26.7. The topological polar surface area (TPSA) is 127 Å². The molecule has 6 aliphatic rings. The number of carbonyl (C=O) groups is 3. The molecule has 7 atom stereocenters. The van der Waals surface area contributed by atoms with Gasteiger partial charge in [0.05, 0.1) is 12.2 Å². The molecule has 0 radical (unpaired) electrons. The Morgan fingerprint density at radius 3 is 2.36 bits per heavy atom. The molecule has 3 amide bonds. The van der Waals surface area contributed by atoms with Gasteiger partial charge in [-0.2, -0.15) is 0 Å². The van der Waals surface area contributed by atoms with Crippen molar-refractivity contribution >= 4 is 29.1 Å². The summed E-state index contributed by atoms with van der Waals surface area (Å²) in [6, 6.07) is 13.6. The molecule has 0 bridgehead atoms. The summed E-state index contributed by atoms with van der Waals surface area (Å²) in [5.41, 5.74) is 7.71. The molecule has 1 aliphatic carbocycles. The number of hydrogen-bond acceptors (Lipinski definition) is 7. The first-order valence-electron chi connectivity index (χ1n) is 20.6. The second kappa shape index (κ2) is 14.9. The van der Waals surface area contributed by atoms with Gasteiger partial charge in [0.25, 0.3) is 0 Å². The average Bonchev–Trinajstić information content (AvgIpc) is 3.94. The molecule has 55 heavy (non-hydrogen) atoms.